The Balaban J connectivity index is 2.28. The van der Waals surface area contributed by atoms with Crippen molar-refractivity contribution in [2.24, 2.45) is 0 Å². The molecule has 0 atom stereocenters. The van der Waals surface area contributed by atoms with Crippen LogP contribution in [-0.4, -0.2) is 39.5 Å². The van der Waals surface area contributed by atoms with E-state index >= 15 is 0 Å². The Morgan fingerprint density at radius 3 is 2.77 bits per heavy atom. The number of aromatic nitrogens is 3. The van der Waals surface area contributed by atoms with Crippen molar-refractivity contribution in [2.45, 2.75) is 25.4 Å². The van der Waals surface area contributed by atoms with E-state index in [0.29, 0.717) is 47.7 Å². The molecule has 0 amide bonds. The van der Waals surface area contributed by atoms with Crippen LogP contribution >= 0.6 is 11.8 Å². The highest BCUT2D eigenvalue weighted by Crippen LogP contribution is 2.31. The van der Waals surface area contributed by atoms with E-state index in [1.807, 2.05) is 13.8 Å². The second kappa shape index (κ2) is 9.67. The largest absolute Gasteiger partial charge is 0.490 e. The lowest BCUT2D eigenvalue weighted by Crippen LogP contribution is -2.00. The van der Waals surface area contributed by atoms with Crippen LogP contribution in [0.25, 0.3) is 6.08 Å². The Labute approximate surface area is 156 Å². The van der Waals surface area contributed by atoms with Crippen molar-refractivity contribution in [1.82, 2.24) is 15.2 Å². The van der Waals surface area contributed by atoms with Gasteiger partial charge >= 0.3 is 5.97 Å². The van der Waals surface area contributed by atoms with Gasteiger partial charge in [-0.1, -0.05) is 25.6 Å². The molecule has 0 aliphatic rings. The van der Waals surface area contributed by atoms with Crippen LogP contribution in [0, 0.1) is 0 Å². The summed E-state index contributed by atoms with van der Waals surface area (Å²) in [6.07, 6.45) is 3.89. The lowest BCUT2D eigenvalue weighted by molar-refractivity contribution is -0.131. The van der Waals surface area contributed by atoms with E-state index in [1.165, 1.54) is 0 Å². The molecule has 2 N–H and O–H groups in total. The van der Waals surface area contributed by atoms with Gasteiger partial charge in [0.2, 0.25) is 5.16 Å². The van der Waals surface area contributed by atoms with E-state index in [0.717, 1.165) is 11.8 Å². The number of aryl methyl sites for hydroxylation is 1. The molecule has 0 fully saturated rings. The third kappa shape index (κ3) is 5.38. The Kier molecular flexibility index (Phi) is 7.28. The van der Waals surface area contributed by atoms with Gasteiger partial charge in [-0.2, -0.15) is 0 Å². The van der Waals surface area contributed by atoms with Crippen LogP contribution in [0.15, 0.2) is 40.9 Å². The molecule has 1 aromatic heterocycles. The molecule has 8 heteroatoms. The number of benzene rings is 1. The third-order valence-corrected chi connectivity index (χ3v) is 4.06. The summed E-state index contributed by atoms with van der Waals surface area (Å²) in [4.78, 5) is 15.9. The fourth-order valence-corrected chi connectivity index (χ4v) is 2.74. The Morgan fingerprint density at radius 2 is 2.15 bits per heavy atom. The number of carboxylic acids is 1. The summed E-state index contributed by atoms with van der Waals surface area (Å²) in [5.74, 6) is 0.779. The number of hydrogen-bond donors (Lipinski definition) is 2. The molecule has 1 aromatic carbocycles. The predicted octanol–water partition coefficient (Wildman–Crippen LogP) is 3.55. The summed E-state index contributed by atoms with van der Waals surface area (Å²) in [6.45, 7) is 8.25. The second-order valence-electron chi connectivity index (χ2n) is 5.07. The molecule has 0 radical (unpaired) electrons. The number of carbonyl (C=O) groups is 1. The van der Waals surface area contributed by atoms with Crippen molar-refractivity contribution in [3.05, 3.63) is 47.1 Å². The SMILES string of the molecule is C=CCOc1ccc(/C=C(\Sc2n[nH]c(CC)n2)C(=O)O)cc1OCC. The molecule has 0 spiro atoms. The van der Waals surface area contributed by atoms with Crippen LogP contribution in [-0.2, 0) is 11.2 Å². The monoisotopic (exact) mass is 375 g/mol. The molecular weight excluding hydrogens is 354 g/mol. The molecule has 138 valence electrons. The Hall–Kier alpha value is -2.74. The van der Waals surface area contributed by atoms with Crippen molar-refractivity contribution in [2.75, 3.05) is 13.2 Å². The van der Waals surface area contributed by atoms with Crippen LogP contribution in [0.2, 0.25) is 0 Å². The molecule has 0 unspecified atom stereocenters. The zero-order valence-electron chi connectivity index (χ0n) is 14.7. The maximum Gasteiger partial charge on any atom is 0.342 e. The molecule has 2 aromatic rings. The number of carboxylic acid groups (broad SMARTS) is 1. The van der Waals surface area contributed by atoms with Crippen molar-refractivity contribution in [3.63, 3.8) is 0 Å². The standard InChI is InChI=1S/C18H21N3O4S/c1-4-9-25-13-8-7-12(10-14(13)24-6-3)11-15(17(22)23)26-18-19-16(5-2)20-21-18/h4,7-8,10-11H,1,5-6,9H2,2-3H3,(H,22,23)(H,19,20,21)/b15-11-. The van der Waals surface area contributed by atoms with Gasteiger partial charge in [0.25, 0.3) is 0 Å². The number of aliphatic carboxylic acids is 1. The quantitative estimate of drug-likeness (QED) is 0.372. The number of aromatic amines is 1. The van der Waals surface area contributed by atoms with Gasteiger partial charge in [-0.25, -0.2) is 9.78 Å². The molecule has 7 nitrogen and oxygen atoms in total. The van der Waals surface area contributed by atoms with Gasteiger partial charge in [-0.3, -0.25) is 5.10 Å². The first-order valence-electron chi connectivity index (χ1n) is 8.12. The number of thioether (sulfide) groups is 1. The van der Waals surface area contributed by atoms with Crippen molar-refractivity contribution in [3.8, 4) is 11.5 Å². The van der Waals surface area contributed by atoms with Gasteiger partial charge in [0.15, 0.2) is 11.5 Å². The van der Waals surface area contributed by atoms with Crippen molar-refractivity contribution < 1.29 is 19.4 Å². The highest BCUT2D eigenvalue weighted by atomic mass is 32.2. The zero-order valence-corrected chi connectivity index (χ0v) is 15.5. The number of nitrogens with one attached hydrogen (secondary N) is 1. The summed E-state index contributed by atoms with van der Waals surface area (Å²) in [7, 11) is 0. The van der Waals surface area contributed by atoms with E-state index in [2.05, 4.69) is 21.8 Å². The number of H-pyrrole nitrogens is 1. The zero-order chi connectivity index (χ0) is 18.9. The van der Waals surface area contributed by atoms with Gasteiger partial charge < -0.3 is 14.6 Å². The summed E-state index contributed by atoms with van der Waals surface area (Å²) < 4.78 is 11.1. The number of hydrogen-bond acceptors (Lipinski definition) is 6. The molecule has 1 heterocycles. The van der Waals surface area contributed by atoms with Gasteiger partial charge in [-0.15, -0.1) is 5.10 Å². The molecule has 0 saturated carbocycles. The third-order valence-electron chi connectivity index (χ3n) is 3.18. The molecular formula is C18H21N3O4S. The Morgan fingerprint density at radius 1 is 1.35 bits per heavy atom. The van der Waals surface area contributed by atoms with Gasteiger partial charge in [-0.05, 0) is 42.5 Å². The van der Waals surface area contributed by atoms with Crippen LogP contribution in [0.1, 0.15) is 25.2 Å². The number of rotatable bonds is 10. The van der Waals surface area contributed by atoms with Crippen LogP contribution < -0.4 is 9.47 Å². The Bertz CT molecular complexity index is 801. The van der Waals surface area contributed by atoms with E-state index in [4.69, 9.17) is 9.47 Å². The summed E-state index contributed by atoms with van der Waals surface area (Å²) >= 11 is 0.988. The smallest absolute Gasteiger partial charge is 0.342 e. The average molecular weight is 375 g/mol. The van der Waals surface area contributed by atoms with Gasteiger partial charge in [0.1, 0.15) is 17.3 Å². The number of nitrogens with zero attached hydrogens (tertiary/aromatic N) is 2. The van der Waals surface area contributed by atoms with E-state index in [-0.39, 0.29) is 4.91 Å². The van der Waals surface area contributed by atoms with Crippen LogP contribution in [0.4, 0.5) is 0 Å². The lowest BCUT2D eigenvalue weighted by atomic mass is 10.2. The first-order chi connectivity index (χ1) is 12.6. The first kappa shape index (κ1) is 19.6. The van der Waals surface area contributed by atoms with E-state index in [9.17, 15) is 9.90 Å². The van der Waals surface area contributed by atoms with E-state index in [1.54, 1.807) is 30.4 Å². The molecule has 2 rings (SSSR count). The normalized spacial score (nSPS) is 11.2. The summed E-state index contributed by atoms with van der Waals surface area (Å²) in [5.41, 5.74) is 0.676. The van der Waals surface area contributed by atoms with Crippen molar-refractivity contribution in [1.29, 1.82) is 0 Å². The molecule has 26 heavy (non-hydrogen) atoms. The first-order valence-corrected chi connectivity index (χ1v) is 8.93. The number of ether oxygens (including phenoxy) is 2. The highest BCUT2D eigenvalue weighted by molar-refractivity contribution is 8.04. The lowest BCUT2D eigenvalue weighted by Gasteiger charge is -2.11. The fourth-order valence-electron chi connectivity index (χ4n) is 2.02. The predicted molar refractivity (Wildman–Crippen MR) is 101 cm³/mol. The topological polar surface area (TPSA) is 97.3 Å². The maximum absolute atomic E-state index is 11.6. The average Bonchev–Trinajstić information content (AvgIpc) is 3.08. The van der Waals surface area contributed by atoms with Crippen LogP contribution in [0.3, 0.4) is 0 Å². The van der Waals surface area contributed by atoms with Crippen molar-refractivity contribution >= 4 is 23.8 Å². The van der Waals surface area contributed by atoms with Crippen LogP contribution in [0.5, 0.6) is 11.5 Å². The summed E-state index contributed by atoms with van der Waals surface area (Å²) in [6, 6.07) is 5.24. The molecule has 0 aliphatic carbocycles. The second-order valence-corrected chi connectivity index (χ2v) is 6.08. The molecule has 0 saturated heterocycles. The molecule has 0 aliphatic heterocycles. The summed E-state index contributed by atoms with van der Waals surface area (Å²) in [5, 5.41) is 16.6. The minimum Gasteiger partial charge on any atom is -0.490 e. The highest BCUT2D eigenvalue weighted by Gasteiger charge is 2.14. The molecule has 0 bridgehead atoms. The maximum atomic E-state index is 11.6. The van der Waals surface area contributed by atoms with Gasteiger partial charge in [0, 0.05) is 6.42 Å². The minimum absolute atomic E-state index is 0.105. The van der Waals surface area contributed by atoms with Gasteiger partial charge in [0.05, 0.1) is 6.61 Å². The minimum atomic E-state index is -1.05. The fraction of sp³-hybridized carbons (Fsp3) is 0.278. The van der Waals surface area contributed by atoms with E-state index < -0.39 is 5.97 Å².